The van der Waals surface area contributed by atoms with Crippen molar-refractivity contribution in [1.82, 2.24) is 9.29 Å². The van der Waals surface area contributed by atoms with E-state index in [1.54, 1.807) is 18.2 Å². The highest BCUT2D eigenvalue weighted by Gasteiger charge is 2.33. The first-order chi connectivity index (χ1) is 12.9. The van der Waals surface area contributed by atoms with Crippen LogP contribution in [-0.4, -0.2) is 56.6 Å². The number of ether oxygens (including phenoxy) is 2. The fraction of sp³-hybridized carbons (Fsp3) is 0.389. The molecule has 2 aromatic rings. The lowest BCUT2D eigenvalue weighted by molar-refractivity contribution is 0.171. The Hall–Kier alpha value is -2.39. The Morgan fingerprint density at radius 2 is 1.89 bits per heavy atom. The van der Waals surface area contributed by atoms with E-state index in [4.69, 9.17) is 9.47 Å². The highest BCUT2D eigenvalue weighted by atomic mass is 32.2. The number of pyridine rings is 1. The molecule has 1 atom stereocenters. The number of aromatic nitrogens is 1. The van der Waals surface area contributed by atoms with Gasteiger partial charge in [-0.05, 0) is 31.2 Å². The van der Waals surface area contributed by atoms with Gasteiger partial charge in [-0.3, -0.25) is 0 Å². The second kappa shape index (κ2) is 6.97. The Balaban J connectivity index is 1.54. The first-order valence-corrected chi connectivity index (χ1v) is 10.2. The van der Waals surface area contributed by atoms with Crippen molar-refractivity contribution in [2.75, 3.05) is 37.7 Å². The van der Waals surface area contributed by atoms with Crippen molar-refractivity contribution in [1.29, 1.82) is 0 Å². The third-order valence-electron chi connectivity index (χ3n) is 4.74. The summed E-state index contributed by atoms with van der Waals surface area (Å²) in [6, 6.07) is 9.14. The number of anilines is 1. The van der Waals surface area contributed by atoms with Gasteiger partial charge in [0.2, 0.25) is 16.0 Å². The minimum Gasteiger partial charge on any atom is -0.486 e. The molecule has 0 spiro atoms. The minimum atomic E-state index is -3.67. The zero-order valence-electron chi connectivity index (χ0n) is 14.8. The fourth-order valence-corrected chi connectivity index (χ4v) is 4.90. The third-order valence-corrected chi connectivity index (χ3v) is 6.60. The largest absolute Gasteiger partial charge is 0.486 e. The number of nitrogens with zero attached hydrogens (tertiary/aromatic N) is 3. The second-order valence-electron chi connectivity index (χ2n) is 6.53. The van der Waals surface area contributed by atoms with Crippen LogP contribution < -0.4 is 14.4 Å². The van der Waals surface area contributed by atoms with Crippen molar-refractivity contribution in [3.8, 4) is 11.5 Å². The van der Waals surface area contributed by atoms with Crippen molar-refractivity contribution in [3.63, 3.8) is 0 Å². The molecule has 0 N–H and O–H groups in total. The second-order valence-corrected chi connectivity index (χ2v) is 8.47. The van der Waals surface area contributed by atoms with Crippen molar-refractivity contribution >= 4 is 15.8 Å². The van der Waals surface area contributed by atoms with Gasteiger partial charge in [0.05, 0.1) is 4.90 Å². The maximum Gasteiger partial charge on any atom is 0.243 e. The molecule has 9 heteroatoms. The molecular weight excluding hydrogens is 373 g/mol. The Bertz CT molecular complexity index is 953. The number of halogens is 1. The maximum absolute atomic E-state index is 13.4. The molecule has 1 aromatic carbocycles. The number of benzene rings is 1. The summed E-state index contributed by atoms with van der Waals surface area (Å²) < 4.78 is 51.9. The first kappa shape index (κ1) is 18.0. The summed E-state index contributed by atoms with van der Waals surface area (Å²) in [5.74, 6) is 0.957. The number of rotatable bonds is 3. The molecular formula is C18H20FN3O4S. The smallest absolute Gasteiger partial charge is 0.243 e. The predicted octanol–water partition coefficient (Wildman–Crippen LogP) is 1.89. The lowest BCUT2D eigenvalue weighted by Gasteiger charge is -2.39. The quantitative estimate of drug-likeness (QED) is 0.742. The lowest BCUT2D eigenvalue weighted by Crippen LogP contribution is -2.53. The van der Waals surface area contributed by atoms with Gasteiger partial charge in [0.15, 0.2) is 11.5 Å². The number of hydrogen-bond acceptors (Lipinski definition) is 6. The van der Waals surface area contributed by atoms with Crippen LogP contribution in [-0.2, 0) is 10.0 Å². The molecule has 2 aliphatic rings. The molecule has 144 valence electrons. The monoisotopic (exact) mass is 393 g/mol. The van der Waals surface area contributed by atoms with Crippen LogP contribution in [0.5, 0.6) is 11.5 Å². The van der Waals surface area contributed by atoms with E-state index in [9.17, 15) is 12.8 Å². The van der Waals surface area contributed by atoms with E-state index in [2.05, 4.69) is 4.98 Å². The number of fused-ring (bicyclic) bond motifs is 1. The summed E-state index contributed by atoms with van der Waals surface area (Å²) >= 11 is 0. The van der Waals surface area contributed by atoms with Crippen LogP contribution in [0.4, 0.5) is 10.2 Å². The normalized spacial score (nSPS) is 20.5. The average molecular weight is 393 g/mol. The van der Waals surface area contributed by atoms with Gasteiger partial charge in [-0.25, -0.2) is 13.4 Å². The van der Waals surface area contributed by atoms with Gasteiger partial charge in [-0.1, -0.05) is 6.07 Å². The molecule has 1 aromatic heterocycles. The van der Waals surface area contributed by atoms with Crippen molar-refractivity contribution < 1.29 is 22.3 Å². The van der Waals surface area contributed by atoms with E-state index >= 15 is 0 Å². The molecule has 4 rings (SSSR count). The van der Waals surface area contributed by atoms with E-state index in [0.29, 0.717) is 43.6 Å². The number of hydrogen-bond donors (Lipinski definition) is 0. The van der Waals surface area contributed by atoms with Gasteiger partial charge < -0.3 is 14.4 Å². The maximum atomic E-state index is 13.4. The van der Waals surface area contributed by atoms with Crippen molar-refractivity contribution in [2.45, 2.75) is 17.9 Å². The van der Waals surface area contributed by atoms with E-state index < -0.39 is 16.0 Å². The Morgan fingerprint density at radius 3 is 2.63 bits per heavy atom. The molecule has 0 aliphatic carbocycles. The Kier molecular flexibility index (Phi) is 4.65. The average Bonchev–Trinajstić information content (AvgIpc) is 2.67. The Morgan fingerprint density at radius 1 is 1.11 bits per heavy atom. The van der Waals surface area contributed by atoms with Crippen molar-refractivity contribution in [2.24, 2.45) is 0 Å². The molecule has 1 unspecified atom stereocenters. The molecule has 27 heavy (non-hydrogen) atoms. The summed E-state index contributed by atoms with van der Waals surface area (Å²) in [6.45, 7) is 3.76. The van der Waals surface area contributed by atoms with Gasteiger partial charge in [-0.2, -0.15) is 8.70 Å². The molecule has 0 bridgehead atoms. The summed E-state index contributed by atoms with van der Waals surface area (Å²) in [4.78, 5) is 5.99. The van der Waals surface area contributed by atoms with Gasteiger partial charge in [-0.15, -0.1) is 0 Å². The molecule has 0 radical (unpaired) electrons. The summed E-state index contributed by atoms with van der Waals surface area (Å²) in [6.07, 6.45) is 0. The predicted molar refractivity (Wildman–Crippen MR) is 97.2 cm³/mol. The van der Waals surface area contributed by atoms with Crippen LogP contribution in [0.3, 0.4) is 0 Å². The molecule has 2 aliphatic heterocycles. The van der Waals surface area contributed by atoms with Crippen LogP contribution >= 0.6 is 0 Å². The SMILES string of the molecule is CC1CN(S(=O)(=O)c2ccc3c(c2)OCCO3)CCN1c1cccc(F)n1. The Labute approximate surface area is 157 Å². The third kappa shape index (κ3) is 3.44. The molecule has 3 heterocycles. The molecule has 7 nitrogen and oxygen atoms in total. The summed E-state index contributed by atoms with van der Waals surface area (Å²) in [7, 11) is -3.67. The number of piperazine rings is 1. The van der Waals surface area contributed by atoms with Crippen LogP contribution in [0.1, 0.15) is 6.92 Å². The summed E-state index contributed by atoms with van der Waals surface area (Å²) in [5, 5.41) is 0. The van der Waals surface area contributed by atoms with E-state index in [1.807, 2.05) is 11.8 Å². The van der Waals surface area contributed by atoms with Gasteiger partial charge in [0.25, 0.3) is 0 Å². The molecule has 1 fully saturated rings. The minimum absolute atomic E-state index is 0.139. The van der Waals surface area contributed by atoms with Crippen LogP contribution in [0.25, 0.3) is 0 Å². The van der Waals surface area contributed by atoms with Crippen LogP contribution in [0, 0.1) is 5.95 Å². The van der Waals surface area contributed by atoms with E-state index in [1.165, 1.54) is 22.5 Å². The first-order valence-electron chi connectivity index (χ1n) is 8.74. The summed E-state index contributed by atoms with van der Waals surface area (Å²) in [5.41, 5.74) is 0. The van der Waals surface area contributed by atoms with Crippen LogP contribution in [0.15, 0.2) is 41.3 Å². The number of sulfonamides is 1. The molecule has 1 saturated heterocycles. The lowest BCUT2D eigenvalue weighted by atomic mass is 10.2. The van der Waals surface area contributed by atoms with Gasteiger partial charge >= 0.3 is 0 Å². The van der Waals surface area contributed by atoms with Crippen LogP contribution in [0.2, 0.25) is 0 Å². The zero-order valence-corrected chi connectivity index (χ0v) is 15.7. The van der Waals surface area contributed by atoms with E-state index in [0.717, 1.165) is 0 Å². The standard InChI is InChI=1S/C18H20FN3O4S/c1-13-12-21(7-8-22(13)18-4-2-3-17(19)20-18)27(23,24)14-5-6-15-16(11-14)26-10-9-25-15/h2-6,11,13H,7-10,12H2,1H3. The fourth-order valence-electron chi connectivity index (χ4n) is 3.37. The van der Waals surface area contributed by atoms with Gasteiger partial charge in [0, 0.05) is 31.7 Å². The van der Waals surface area contributed by atoms with Crippen molar-refractivity contribution in [3.05, 3.63) is 42.3 Å². The van der Waals surface area contributed by atoms with Gasteiger partial charge in [0.1, 0.15) is 19.0 Å². The topological polar surface area (TPSA) is 72.0 Å². The highest BCUT2D eigenvalue weighted by molar-refractivity contribution is 7.89. The molecule has 0 saturated carbocycles. The highest BCUT2D eigenvalue weighted by Crippen LogP contribution is 2.33. The molecule has 0 amide bonds. The zero-order chi connectivity index (χ0) is 19.0. The van der Waals surface area contributed by atoms with E-state index in [-0.39, 0.29) is 17.5 Å².